The molecule has 0 aliphatic carbocycles. The van der Waals surface area contributed by atoms with Crippen LogP contribution in [0.2, 0.25) is 0 Å². The normalized spacial score (nSPS) is 11.3. The number of rotatable bonds is 9. The summed E-state index contributed by atoms with van der Waals surface area (Å²) in [7, 11) is 3.81. The lowest BCUT2D eigenvalue weighted by molar-refractivity contribution is -0.133. The van der Waals surface area contributed by atoms with Crippen molar-refractivity contribution in [3.8, 4) is 10.8 Å². The molecule has 3 heterocycles. The van der Waals surface area contributed by atoms with E-state index in [1.165, 1.54) is 0 Å². The largest absolute Gasteiger partial charge is 0.418 e. The topological polar surface area (TPSA) is 80.3 Å². The van der Waals surface area contributed by atoms with Crippen LogP contribution >= 0.6 is 11.3 Å². The highest BCUT2D eigenvalue weighted by molar-refractivity contribution is 7.13. The Morgan fingerprint density at radius 3 is 2.85 bits per heavy atom. The fourth-order valence-electron chi connectivity index (χ4n) is 2.79. The number of aryl methyl sites for hydroxylation is 1. The van der Waals surface area contributed by atoms with E-state index in [-0.39, 0.29) is 5.91 Å². The van der Waals surface area contributed by atoms with Gasteiger partial charge in [0.1, 0.15) is 0 Å². The van der Waals surface area contributed by atoms with Gasteiger partial charge < -0.3 is 9.32 Å². The van der Waals surface area contributed by atoms with Crippen LogP contribution < -0.4 is 0 Å². The maximum absolute atomic E-state index is 12.8. The third-order valence-corrected chi connectivity index (χ3v) is 4.85. The van der Waals surface area contributed by atoms with Gasteiger partial charge in [0.25, 0.3) is 5.89 Å². The molecule has 0 unspecified atom stereocenters. The Kier molecular flexibility index (Phi) is 6.36. The smallest absolute Gasteiger partial charge is 0.257 e. The lowest BCUT2D eigenvalue weighted by atomic mass is 10.3. The zero-order chi connectivity index (χ0) is 19.2. The van der Waals surface area contributed by atoms with Crippen LogP contribution in [0.1, 0.15) is 24.8 Å². The molecule has 0 aromatic carbocycles. The van der Waals surface area contributed by atoms with Crippen molar-refractivity contribution in [1.82, 2.24) is 29.8 Å². The van der Waals surface area contributed by atoms with Crippen molar-refractivity contribution in [3.63, 3.8) is 0 Å². The first-order chi connectivity index (χ1) is 13.0. The first kappa shape index (κ1) is 19.2. The number of carbonyl (C=O) groups excluding carboxylic acids is 1. The van der Waals surface area contributed by atoms with E-state index in [9.17, 15) is 4.79 Å². The van der Waals surface area contributed by atoms with E-state index in [1.54, 1.807) is 20.9 Å². The molecule has 27 heavy (non-hydrogen) atoms. The Labute approximate surface area is 162 Å². The molecular formula is C18H24N6O2S. The van der Waals surface area contributed by atoms with E-state index in [2.05, 4.69) is 15.3 Å². The molecule has 8 nitrogen and oxygen atoms in total. The molecule has 3 aromatic rings. The Morgan fingerprint density at radius 2 is 2.19 bits per heavy atom. The van der Waals surface area contributed by atoms with Gasteiger partial charge in [-0.25, -0.2) is 0 Å². The molecule has 9 heteroatoms. The summed E-state index contributed by atoms with van der Waals surface area (Å²) in [6, 6.07) is 3.87. The van der Waals surface area contributed by atoms with Crippen molar-refractivity contribution in [2.24, 2.45) is 7.05 Å². The molecule has 144 valence electrons. The van der Waals surface area contributed by atoms with Gasteiger partial charge in [-0.3, -0.25) is 14.4 Å². The SMILES string of the molecule is CCCN(Cc1nnc(-c2cccs2)o1)C(=O)CN(C)Cc1cnn(C)c1. The summed E-state index contributed by atoms with van der Waals surface area (Å²) in [5.74, 6) is 0.992. The number of hydrogen-bond donors (Lipinski definition) is 0. The van der Waals surface area contributed by atoms with Gasteiger partial charge in [0.2, 0.25) is 11.8 Å². The predicted molar refractivity (Wildman–Crippen MR) is 103 cm³/mol. The number of aromatic nitrogens is 4. The summed E-state index contributed by atoms with van der Waals surface area (Å²) in [4.78, 5) is 17.4. The minimum atomic E-state index is 0.0408. The molecule has 0 N–H and O–H groups in total. The van der Waals surface area contributed by atoms with Crippen molar-refractivity contribution in [2.45, 2.75) is 26.4 Å². The van der Waals surface area contributed by atoms with Crippen LogP contribution in [0.4, 0.5) is 0 Å². The monoisotopic (exact) mass is 388 g/mol. The zero-order valence-electron chi connectivity index (χ0n) is 15.8. The molecule has 0 saturated heterocycles. The van der Waals surface area contributed by atoms with Gasteiger partial charge >= 0.3 is 0 Å². The minimum Gasteiger partial charge on any atom is -0.418 e. The summed E-state index contributed by atoms with van der Waals surface area (Å²) in [5.41, 5.74) is 1.08. The molecular weight excluding hydrogens is 364 g/mol. The second kappa shape index (κ2) is 8.92. The second-order valence-electron chi connectivity index (χ2n) is 6.49. The van der Waals surface area contributed by atoms with E-state index >= 15 is 0 Å². The minimum absolute atomic E-state index is 0.0408. The summed E-state index contributed by atoms with van der Waals surface area (Å²) in [6.07, 6.45) is 4.63. The highest BCUT2D eigenvalue weighted by atomic mass is 32.1. The van der Waals surface area contributed by atoms with Gasteiger partial charge in [0, 0.05) is 31.9 Å². The molecule has 0 aliphatic rings. The molecule has 0 fully saturated rings. The highest BCUT2D eigenvalue weighted by Gasteiger charge is 2.19. The lowest BCUT2D eigenvalue weighted by Gasteiger charge is -2.23. The van der Waals surface area contributed by atoms with Crippen molar-refractivity contribution in [1.29, 1.82) is 0 Å². The van der Waals surface area contributed by atoms with Gasteiger partial charge in [0.15, 0.2) is 0 Å². The van der Waals surface area contributed by atoms with Crippen LogP contribution in [-0.2, 0) is 24.9 Å². The predicted octanol–water partition coefficient (Wildman–Crippen LogP) is 2.40. The van der Waals surface area contributed by atoms with Gasteiger partial charge in [0.05, 0.1) is 24.2 Å². The van der Waals surface area contributed by atoms with E-state index in [0.717, 1.165) is 16.9 Å². The van der Waals surface area contributed by atoms with Gasteiger partial charge in [-0.2, -0.15) is 5.10 Å². The highest BCUT2D eigenvalue weighted by Crippen LogP contribution is 2.23. The number of amides is 1. The standard InChI is InChI=1S/C18H24N6O2S/c1-4-7-24(12-16-20-21-18(26-16)15-6-5-8-27-15)17(25)13-22(2)10-14-9-19-23(3)11-14/h5-6,8-9,11H,4,7,10,12-13H2,1-3H3. The Morgan fingerprint density at radius 1 is 1.33 bits per heavy atom. The molecule has 0 saturated carbocycles. The lowest BCUT2D eigenvalue weighted by Crippen LogP contribution is -2.39. The summed E-state index contributed by atoms with van der Waals surface area (Å²) in [6.45, 7) is 4.01. The number of likely N-dealkylation sites (N-methyl/N-ethyl adjacent to an activating group) is 1. The van der Waals surface area contributed by atoms with E-state index in [1.807, 2.05) is 55.8 Å². The van der Waals surface area contributed by atoms with Gasteiger partial charge in [-0.1, -0.05) is 13.0 Å². The first-order valence-corrected chi connectivity index (χ1v) is 9.73. The Hall–Kier alpha value is -2.52. The van der Waals surface area contributed by atoms with Gasteiger partial charge in [-0.15, -0.1) is 21.5 Å². The van der Waals surface area contributed by atoms with E-state index in [0.29, 0.717) is 38.0 Å². The van der Waals surface area contributed by atoms with Crippen LogP contribution in [0.3, 0.4) is 0 Å². The van der Waals surface area contributed by atoms with E-state index in [4.69, 9.17) is 4.42 Å². The Bertz CT molecular complexity index is 857. The quantitative estimate of drug-likeness (QED) is 0.560. The summed E-state index contributed by atoms with van der Waals surface area (Å²) in [5, 5.41) is 14.3. The van der Waals surface area contributed by atoms with Crippen LogP contribution in [0.5, 0.6) is 0 Å². The Balaban J connectivity index is 1.59. The number of carbonyl (C=O) groups is 1. The third kappa shape index (κ3) is 5.24. The fraction of sp³-hybridized carbons (Fsp3) is 0.444. The molecule has 3 rings (SSSR count). The van der Waals surface area contributed by atoms with Crippen LogP contribution in [0.15, 0.2) is 34.3 Å². The van der Waals surface area contributed by atoms with Crippen molar-refractivity contribution < 1.29 is 9.21 Å². The molecule has 3 aromatic heterocycles. The molecule has 0 spiro atoms. The molecule has 1 amide bonds. The van der Waals surface area contributed by atoms with Crippen LogP contribution in [-0.4, -0.2) is 55.8 Å². The fourth-order valence-corrected chi connectivity index (χ4v) is 3.44. The van der Waals surface area contributed by atoms with E-state index < -0.39 is 0 Å². The van der Waals surface area contributed by atoms with Crippen molar-refractivity contribution >= 4 is 17.2 Å². The molecule has 0 bridgehead atoms. The molecule has 0 aliphatic heterocycles. The summed E-state index contributed by atoms with van der Waals surface area (Å²) >= 11 is 1.55. The molecule has 0 radical (unpaired) electrons. The zero-order valence-corrected chi connectivity index (χ0v) is 16.6. The van der Waals surface area contributed by atoms with Gasteiger partial charge in [-0.05, 0) is 24.9 Å². The van der Waals surface area contributed by atoms with Crippen molar-refractivity contribution in [2.75, 3.05) is 20.1 Å². The van der Waals surface area contributed by atoms with Crippen molar-refractivity contribution in [3.05, 3.63) is 41.4 Å². The van der Waals surface area contributed by atoms with Crippen LogP contribution in [0, 0.1) is 0 Å². The number of thiophene rings is 1. The maximum atomic E-state index is 12.8. The summed E-state index contributed by atoms with van der Waals surface area (Å²) < 4.78 is 7.49. The van der Waals surface area contributed by atoms with Crippen LogP contribution in [0.25, 0.3) is 10.8 Å². The molecule has 0 atom stereocenters. The average Bonchev–Trinajstić information content (AvgIpc) is 3.36. The third-order valence-electron chi connectivity index (χ3n) is 3.99. The number of nitrogens with zero attached hydrogens (tertiary/aromatic N) is 6. The number of hydrogen-bond acceptors (Lipinski definition) is 7. The second-order valence-corrected chi connectivity index (χ2v) is 7.44. The average molecular weight is 388 g/mol. The first-order valence-electron chi connectivity index (χ1n) is 8.85. The maximum Gasteiger partial charge on any atom is 0.257 e.